The Morgan fingerprint density at radius 1 is 1.28 bits per heavy atom. The van der Waals surface area contributed by atoms with Gasteiger partial charge in [-0.15, -0.1) is 0 Å². The molecule has 1 saturated carbocycles. The van der Waals surface area contributed by atoms with Gasteiger partial charge in [0.2, 0.25) is 10.0 Å². The highest BCUT2D eigenvalue weighted by molar-refractivity contribution is 7.89. The normalized spacial score (nSPS) is 21.8. The van der Waals surface area contributed by atoms with E-state index in [4.69, 9.17) is 0 Å². The first kappa shape index (κ1) is 16.7. The van der Waals surface area contributed by atoms with Crippen LogP contribution in [-0.2, 0) is 16.4 Å². The molecular formula is C18H22FN3O2S. The molecule has 1 aliphatic heterocycles. The second kappa shape index (κ2) is 6.21. The highest BCUT2D eigenvalue weighted by Gasteiger charge is 2.34. The number of benzene rings is 1. The average molecular weight is 363 g/mol. The van der Waals surface area contributed by atoms with Gasteiger partial charge in [0.15, 0.2) is 0 Å². The maximum atomic E-state index is 13.4. The molecule has 0 spiro atoms. The summed E-state index contributed by atoms with van der Waals surface area (Å²) in [7, 11) is -3.63. The lowest BCUT2D eigenvalue weighted by Crippen LogP contribution is -2.29. The van der Waals surface area contributed by atoms with Gasteiger partial charge in [0, 0.05) is 37.4 Å². The Balaban J connectivity index is 1.48. The highest BCUT2D eigenvalue weighted by Crippen LogP contribution is 2.38. The van der Waals surface area contributed by atoms with Crippen LogP contribution in [0.3, 0.4) is 0 Å². The standard InChI is InChI=1S/C18H22FN3O2S/c1-13-11-20-18(22(13)16-5-6-16)9-14-7-8-21(12-14)25(23,24)17-4-2-3-15(19)10-17/h2-4,10-11,14,16H,5-9,12H2,1H3. The lowest BCUT2D eigenvalue weighted by molar-refractivity contribution is 0.449. The molecule has 0 bridgehead atoms. The van der Waals surface area contributed by atoms with E-state index >= 15 is 0 Å². The zero-order chi connectivity index (χ0) is 17.6. The van der Waals surface area contributed by atoms with Gasteiger partial charge in [-0.3, -0.25) is 0 Å². The van der Waals surface area contributed by atoms with Crippen molar-refractivity contribution in [2.75, 3.05) is 13.1 Å². The van der Waals surface area contributed by atoms with E-state index in [0.717, 1.165) is 24.7 Å². The molecule has 7 heteroatoms. The number of sulfonamides is 1. The molecule has 1 atom stereocenters. The van der Waals surface area contributed by atoms with Crippen molar-refractivity contribution in [3.63, 3.8) is 0 Å². The quantitative estimate of drug-likeness (QED) is 0.821. The smallest absolute Gasteiger partial charge is 0.243 e. The molecule has 5 nitrogen and oxygen atoms in total. The van der Waals surface area contributed by atoms with Gasteiger partial charge in [-0.05, 0) is 50.3 Å². The summed E-state index contributed by atoms with van der Waals surface area (Å²) in [5.41, 5.74) is 1.18. The van der Waals surface area contributed by atoms with Gasteiger partial charge >= 0.3 is 0 Å². The Labute approximate surface area is 147 Å². The first-order chi connectivity index (χ1) is 11.9. The second-order valence-electron chi connectivity index (χ2n) is 7.10. The van der Waals surface area contributed by atoms with Crippen LogP contribution in [0.25, 0.3) is 0 Å². The van der Waals surface area contributed by atoms with Crippen molar-refractivity contribution in [2.24, 2.45) is 5.92 Å². The van der Waals surface area contributed by atoms with Crippen LogP contribution < -0.4 is 0 Å². The molecule has 2 heterocycles. The van der Waals surface area contributed by atoms with Crippen molar-refractivity contribution >= 4 is 10.0 Å². The van der Waals surface area contributed by atoms with Gasteiger partial charge in [0.25, 0.3) is 0 Å². The zero-order valence-electron chi connectivity index (χ0n) is 14.2. The summed E-state index contributed by atoms with van der Waals surface area (Å²) in [5, 5.41) is 0. The minimum absolute atomic E-state index is 0.0310. The van der Waals surface area contributed by atoms with Gasteiger partial charge in [0.1, 0.15) is 11.6 Å². The number of hydrogen-bond acceptors (Lipinski definition) is 3. The third-order valence-corrected chi connectivity index (χ3v) is 6.99. The first-order valence-electron chi connectivity index (χ1n) is 8.73. The fraction of sp³-hybridized carbons (Fsp3) is 0.500. The van der Waals surface area contributed by atoms with Crippen LogP contribution in [0, 0.1) is 18.7 Å². The lowest BCUT2D eigenvalue weighted by Gasteiger charge is -2.17. The SMILES string of the molecule is Cc1cnc(CC2CCN(S(=O)(=O)c3cccc(F)c3)C2)n1C1CC1. The Kier molecular flexibility index (Phi) is 4.16. The van der Waals surface area contributed by atoms with E-state index in [1.165, 1.54) is 41.0 Å². The largest absolute Gasteiger partial charge is 0.329 e. The number of imidazole rings is 1. The Morgan fingerprint density at radius 2 is 2.08 bits per heavy atom. The first-order valence-corrected chi connectivity index (χ1v) is 10.2. The van der Waals surface area contributed by atoms with Gasteiger partial charge < -0.3 is 4.57 Å². The molecular weight excluding hydrogens is 341 g/mol. The van der Waals surface area contributed by atoms with Crippen LogP contribution in [0.2, 0.25) is 0 Å². The summed E-state index contributed by atoms with van der Waals surface area (Å²) in [5.74, 6) is 0.788. The fourth-order valence-electron chi connectivity index (χ4n) is 3.70. The number of rotatable bonds is 5. The molecule has 2 aliphatic rings. The number of hydrogen-bond donors (Lipinski definition) is 0. The summed E-state index contributed by atoms with van der Waals surface area (Å²) in [6.45, 7) is 3.02. The molecule has 134 valence electrons. The van der Waals surface area contributed by atoms with Gasteiger partial charge in [-0.25, -0.2) is 17.8 Å². The maximum absolute atomic E-state index is 13.4. The molecule has 25 heavy (non-hydrogen) atoms. The van der Waals surface area contributed by atoms with Crippen LogP contribution >= 0.6 is 0 Å². The van der Waals surface area contributed by atoms with E-state index in [9.17, 15) is 12.8 Å². The number of aromatic nitrogens is 2. The highest BCUT2D eigenvalue weighted by atomic mass is 32.2. The number of aryl methyl sites for hydroxylation is 1. The van der Waals surface area contributed by atoms with E-state index in [1.807, 2.05) is 6.20 Å². The van der Waals surface area contributed by atoms with Crippen LogP contribution in [0.5, 0.6) is 0 Å². The minimum atomic E-state index is -3.63. The average Bonchev–Trinajstić information content (AvgIpc) is 3.17. The summed E-state index contributed by atoms with van der Waals surface area (Å²) >= 11 is 0. The summed E-state index contributed by atoms with van der Waals surface area (Å²) in [6, 6.07) is 5.81. The lowest BCUT2D eigenvalue weighted by atomic mass is 10.0. The molecule has 2 fully saturated rings. The molecule has 1 aliphatic carbocycles. The van der Waals surface area contributed by atoms with Crippen molar-refractivity contribution in [1.29, 1.82) is 0 Å². The van der Waals surface area contributed by atoms with Crippen LogP contribution in [-0.4, -0.2) is 35.4 Å². The summed E-state index contributed by atoms with van der Waals surface area (Å²) < 4.78 is 42.6. The van der Waals surface area contributed by atoms with Crippen molar-refractivity contribution in [3.05, 3.63) is 47.8 Å². The van der Waals surface area contributed by atoms with Crippen molar-refractivity contribution in [1.82, 2.24) is 13.9 Å². The topological polar surface area (TPSA) is 55.2 Å². The third-order valence-electron chi connectivity index (χ3n) is 5.12. The van der Waals surface area contributed by atoms with Gasteiger partial charge in [-0.1, -0.05) is 6.07 Å². The van der Waals surface area contributed by atoms with E-state index in [2.05, 4.69) is 16.5 Å². The molecule has 0 N–H and O–H groups in total. The third kappa shape index (κ3) is 3.22. The van der Waals surface area contributed by atoms with Crippen molar-refractivity contribution in [3.8, 4) is 0 Å². The van der Waals surface area contributed by atoms with Crippen molar-refractivity contribution in [2.45, 2.75) is 43.5 Å². The molecule has 1 aromatic heterocycles. The van der Waals surface area contributed by atoms with E-state index in [-0.39, 0.29) is 10.8 Å². The molecule has 1 saturated heterocycles. The predicted octanol–water partition coefficient (Wildman–Crippen LogP) is 2.92. The molecule has 2 aromatic rings. The minimum Gasteiger partial charge on any atom is -0.329 e. The van der Waals surface area contributed by atoms with E-state index < -0.39 is 15.8 Å². The van der Waals surface area contributed by atoms with Gasteiger partial charge in [-0.2, -0.15) is 4.31 Å². The number of nitrogens with zero attached hydrogens (tertiary/aromatic N) is 3. The predicted molar refractivity (Wildman–Crippen MR) is 92.2 cm³/mol. The summed E-state index contributed by atoms with van der Waals surface area (Å²) in [6.07, 6.45) is 5.92. The zero-order valence-corrected chi connectivity index (χ0v) is 15.0. The Hall–Kier alpha value is -1.73. The van der Waals surface area contributed by atoms with Crippen LogP contribution in [0.1, 0.15) is 36.8 Å². The van der Waals surface area contributed by atoms with E-state index in [1.54, 1.807) is 0 Å². The Morgan fingerprint density at radius 3 is 2.80 bits per heavy atom. The van der Waals surface area contributed by atoms with Crippen LogP contribution in [0.15, 0.2) is 35.4 Å². The molecule has 4 rings (SSSR count). The Bertz CT molecular complexity index is 889. The molecule has 0 amide bonds. The molecule has 0 radical (unpaired) electrons. The van der Waals surface area contributed by atoms with Crippen LogP contribution in [0.4, 0.5) is 4.39 Å². The van der Waals surface area contributed by atoms with Gasteiger partial charge in [0.05, 0.1) is 4.90 Å². The summed E-state index contributed by atoms with van der Waals surface area (Å²) in [4.78, 5) is 4.57. The van der Waals surface area contributed by atoms with Crippen molar-refractivity contribution < 1.29 is 12.8 Å². The maximum Gasteiger partial charge on any atom is 0.243 e. The second-order valence-corrected chi connectivity index (χ2v) is 9.03. The van der Waals surface area contributed by atoms with E-state index in [0.29, 0.717) is 19.1 Å². The number of halogens is 1. The monoisotopic (exact) mass is 363 g/mol. The molecule has 1 aromatic carbocycles. The fourth-order valence-corrected chi connectivity index (χ4v) is 5.26. The molecule has 1 unspecified atom stereocenters.